The van der Waals surface area contributed by atoms with Crippen molar-refractivity contribution in [3.63, 3.8) is 0 Å². The van der Waals surface area contributed by atoms with Crippen molar-refractivity contribution in [2.75, 3.05) is 0 Å². The highest BCUT2D eigenvalue weighted by molar-refractivity contribution is 9.10. The first-order valence-electron chi connectivity index (χ1n) is 2.01. The topological polar surface area (TPSA) is 0 Å². The Labute approximate surface area is 86.5 Å². The minimum Gasteiger partial charge on any atom is -0.212 e. The molecule has 11 heavy (non-hydrogen) atoms. The molecule has 0 aliphatic heterocycles. The molecule has 0 aromatic heterocycles. The number of hydrogen-bond donors (Lipinski definition) is 0. The van der Waals surface area contributed by atoms with Gasteiger partial charge in [-0.15, -0.1) is 0 Å². The van der Waals surface area contributed by atoms with Crippen LogP contribution in [0.25, 0.3) is 0 Å². The molecule has 0 rings (SSSR count). The van der Waals surface area contributed by atoms with Gasteiger partial charge in [-0.2, -0.15) is 8.78 Å². The van der Waals surface area contributed by atoms with Crippen LogP contribution in [0.4, 0.5) is 17.6 Å². The van der Waals surface area contributed by atoms with E-state index in [1.165, 1.54) is 0 Å². The van der Waals surface area contributed by atoms with Crippen molar-refractivity contribution in [3.8, 4) is 0 Å². The highest BCUT2D eigenvalue weighted by Gasteiger charge is 2.65. The molecule has 0 aromatic rings. The second kappa shape index (κ2) is 3.20. The van der Waals surface area contributed by atoms with Crippen molar-refractivity contribution in [3.05, 3.63) is 0 Å². The molecular formula is C3Br2Cl2F4. The summed E-state index contributed by atoms with van der Waals surface area (Å²) in [7, 11) is 0. The second-order valence-electron chi connectivity index (χ2n) is 1.57. The van der Waals surface area contributed by atoms with Crippen LogP contribution >= 0.6 is 55.1 Å². The fraction of sp³-hybridized carbons (Fsp3) is 1.00. The second-order valence-corrected chi connectivity index (χ2v) is 5.16. The molecule has 0 saturated heterocycles. The molecule has 0 amide bonds. The predicted octanol–water partition coefficient (Wildman–Crippen LogP) is 4.14. The Morgan fingerprint density at radius 1 is 0.909 bits per heavy atom. The van der Waals surface area contributed by atoms with E-state index in [-0.39, 0.29) is 0 Å². The summed E-state index contributed by atoms with van der Waals surface area (Å²) in [6.07, 6.45) is 0. The Hall–Kier alpha value is 1.26. The van der Waals surface area contributed by atoms with Gasteiger partial charge in [-0.1, -0.05) is 23.2 Å². The summed E-state index contributed by atoms with van der Waals surface area (Å²) < 4.78 is 45.4. The van der Waals surface area contributed by atoms with Gasteiger partial charge in [0.1, 0.15) is 0 Å². The van der Waals surface area contributed by atoms with E-state index >= 15 is 0 Å². The first-order chi connectivity index (χ1) is 4.50. The standard InChI is InChI=1S/C3Br2Cl2F4/c4-2(7,9)1(6,8)3(5,10)11. The van der Waals surface area contributed by atoms with Crippen molar-refractivity contribution in [1.29, 1.82) is 0 Å². The molecule has 0 fully saturated rings. The maximum Gasteiger partial charge on any atom is 0.354 e. The van der Waals surface area contributed by atoms with Gasteiger partial charge in [0.05, 0.1) is 0 Å². The summed E-state index contributed by atoms with van der Waals surface area (Å²) in [5.41, 5.74) is 0. The molecule has 0 nitrogen and oxygen atoms in total. The van der Waals surface area contributed by atoms with Gasteiger partial charge in [-0.05, 0) is 31.9 Å². The molecule has 8 heteroatoms. The Kier molecular flexibility index (Phi) is 3.56. The van der Waals surface area contributed by atoms with Crippen molar-refractivity contribution >= 4 is 55.1 Å². The third-order valence-electron chi connectivity index (χ3n) is 0.712. The molecule has 0 aromatic carbocycles. The van der Waals surface area contributed by atoms with Crippen molar-refractivity contribution < 1.29 is 17.6 Å². The minimum atomic E-state index is -4.26. The molecular weight excluding hydrogens is 343 g/mol. The number of alkyl halides is 8. The van der Waals surface area contributed by atoms with Gasteiger partial charge < -0.3 is 0 Å². The molecule has 0 bridgehead atoms. The SMILES string of the molecule is FC(F)(Br)C(F)(Cl)C(F)(Cl)Br. The van der Waals surface area contributed by atoms with Gasteiger partial charge >= 0.3 is 9.96 Å². The van der Waals surface area contributed by atoms with Gasteiger partial charge in [-0.3, -0.25) is 0 Å². The van der Waals surface area contributed by atoms with Crippen LogP contribution in [0, 0.1) is 0 Å². The van der Waals surface area contributed by atoms with Gasteiger partial charge in [0.25, 0.3) is 4.04 Å². The highest BCUT2D eigenvalue weighted by Crippen LogP contribution is 2.54. The van der Waals surface area contributed by atoms with E-state index in [2.05, 4.69) is 23.2 Å². The van der Waals surface area contributed by atoms with Crippen molar-refractivity contribution in [2.24, 2.45) is 0 Å². The lowest BCUT2D eigenvalue weighted by molar-refractivity contribution is -0.0348. The predicted molar refractivity (Wildman–Crippen MR) is 42.2 cm³/mol. The Morgan fingerprint density at radius 3 is 1.18 bits per heavy atom. The van der Waals surface area contributed by atoms with E-state index < -0.39 is 14.0 Å². The van der Waals surface area contributed by atoms with E-state index in [1.54, 1.807) is 15.9 Å². The minimum absolute atomic E-state index is 1.54. The maximum atomic E-state index is 12.5. The molecule has 0 heterocycles. The molecule has 2 atom stereocenters. The zero-order valence-electron chi connectivity index (χ0n) is 4.52. The number of halogens is 8. The Balaban J connectivity index is 4.75. The van der Waals surface area contributed by atoms with E-state index in [0.717, 1.165) is 0 Å². The lowest BCUT2D eigenvalue weighted by Gasteiger charge is -2.27. The third kappa shape index (κ3) is 2.60. The third-order valence-corrected chi connectivity index (χ3v) is 3.12. The van der Waals surface area contributed by atoms with Crippen molar-refractivity contribution in [1.82, 2.24) is 0 Å². The number of rotatable bonds is 2. The molecule has 0 aliphatic rings. The quantitative estimate of drug-likeness (QED) is 0.523. The van der Waals surface area contributed by atoms with Crippen LogP contribution in [-0.4, -0.2) is 14.0 Å². The molecule has 0 N–H and O–H groups in total. The van der Waals surface area contributed by atoms with Crippen LogP contribution in [0.15, 0.2) is 0 Å². The fourth-order valence-corrected chi connectivity index (χ4v) is 1.18. The average molecular weight is 343 g/mol. The fourth-order valence-electron chi connectivity index (χ4n) is 0.161. The monoisotopic (exact) mass is 340 g/mol. The molecule has 0 aliphatic carbocycles. The van der Waals surface area contributed by atoms with Gasteiger partial charge in [0.15, 0.2) is 0 Å². The van der Waals surface area contributed by atoms with Crippen LogP contribution in [-0.2, 0) is 0 Å². The Morgan fingerprint density at radius 2 is 1.18 bits per heavy atom. The Bertz CT molecular complexity index is 132. The lowest BCUT2D eigenvalue weighted by Crippen LogP contribution is -2.45. The smallest absolute Gasteiger partial charge is 0.212 e. The highest BCUT2D eigenvalue weighted by atomic mass is 79.9. The van der Waals surface area contributed by atoms with E-state index in [9.17, 15) is 17.6 Å². The van der Waals surface area contributed by atoms with Gasteiger partial charge in [0.2, 0.25) is 0 Å². The summed E-state index contributed by atoms with van der Waals surface area (Å²) in [6, 6.07) is 0. The first kappa shape index (κ1) is 12.3. The van der Waals surface area contributed by atoms with Crippen molar-refractivity contribution in [2.45, 2.75) is 14.0 Å². The van der Waals surface area contributed by atoms with E-state index in [1.807, 2.05) is 15.9 Å². The largest absolute Gasteiger partial charge is 0.354 e. The maximum absolute atomic E-state index is 12.5. The van der Waals surface area contributed by atoms with Gasteiger partial charge in [0, 0.05) is 0 Å². The zero-order valence-corrected chi connectivity index (χ0v) is 9.21. The van der Waals surface area contributed by atoms with Gasteiger partial charge in [-0.25, -0.2) is 8.78 Å². The van der Waals surface area contributed by atoms with Crippen LogP contribution < -0.4 is 0 Å². The summed E-state index contributed by atoms with van der Waals surface area (Å²) in [5, 5.41) is -4.05. The number of hydrogen-bond acceptors (Lipinski definition) is 0. The summed E-state index contributed by atoms with van der Waals surface area (Å²) >= 11 is 12.4. The van der Waals surface area contributed by atoms with E-state index in [4.69, 9.17) is 0 Å². The summed E-state index contributed by atoms with van der Waals surface area (Å²) in [6.45, 7) is 0. The summed E-state index contributed by atoms with van der Waals surface area (Å²) in [5.74, 6) is 0. The molecule has 0 spiro atoms. The lowest BCUT2D eigenvalue weighted by atomic mass is 10.4. The average Bonchev–Trinajstić information content (AvgIpc) is 1.58. The molecule has 2 unspecified atom stereocenters. The van der Waals surface area contributed by atoms with Crippen LogP contribution in [0.1, 0.15) is 0 Å². The molecule has 0 saturated carbocycles. The van der Waals surface area contributed by atoms with Crippen LogP contribution in [0.3, 0.4) is 0 Å². The summed E-state index contributed by atoms with van der Waals surface area (Å²) in [4.78, 5) is -4.26. The van der Waals surface area contributed by atoms with Crippen LogP contribution in [0.2, 0.25) is 0 Å². The first-order valence-corrected chi connectivity index (χ1v) is 4.35. The molecule has 68 valence electrons. The normalized spacial score (nSPS) is 24.0. The van der Waals surface area contributed by atoms with E-state index in [0.29, 0.717) is 0 Å². The zero-order chi connectivity index (χ0) is 9.50. The molecule has 0 radical (unpaired) electrons. The van der Waals surface area contributed by atoms with Crippen LogP contribution in [0.5, 0.6) is 0 Å².